The summed E-state index contributed by atoms with van der Waals surface area (Å²) in [5.74, 6) is -2.33. The number of carbonyl (C=O) groups is 1. The Morgan fingerprint density at radius 1 is 1.03 bits per heavy atom. The summed E-state index contributed by atoms with van der Waals surface area (Å²) in [6.07, 6.45) is -2.94. The zero-order valence-corrected chi connectivity index (χ0v) is 23.1. The van der Waals surface area contributed by atoms with Crippen molar-refractivity contribution in [2.45, 2.75) is 76.9 Å². The molecule has 3 N–H and O–H groups in total. The van der Waals surface area contributed by atoms with Gasteiger partial charge in [-0.15, -0.1) is 11.3 Å². The van der Waals surface area contributed by atoms with E-state index in [0.717, 1.165) is 48.3 Å². The number of phenolic OH excluding ortho intramolecular Hbond substituents is 1. The highest BCUT2D eigenvalue weighted by Crippen LogP contribution is 2.43. The molecule has 3 rings (SSSR count). The van der Waals surface area contributed by atoms with Crippen LogP contribution < -0.4 is 5.32 Å². The number of nitrogens with zero attached hydrogens (tertiary/aromatic N) is 2. The first kappa shape index (κ1) is 30.1. The standard InChI is InChI=1S/C24H37N3OS.C2HF3O2/c1-22(2,3)17-13-16(14-18(20(17)28)23(4,5)6)19-15-29-21(26-19)24(27(7)8)9-11-25-12-10-24;3-2(4,5)1(6)7/h13-15,25,28H,9-12H2,1-8H3;(H,6,7). The SMILES string of the molecule is CN(C)C1(c2nc(-c3cc(C(C)(C)C)c(O)c(C(C)(C)C)c3)cs2)CCNCC1.O=C(O)C(F)(F)F. The number of carboxylic acid groups (broad SMARTS) is 1. The average molecular weight is 530 g/mol. The minimum Gasteiger partial charge on any atom is -0.507 e. The van der Waals surface area contributed by atoms with Gasteiger partial charge in [-0.05, 0) is 63.0 Å². The van der Waals surface area contributed by atoms with Gasteiger partial charge in [0.1, 0.15) is 10.8 Å². The summed E-state index contributed by atoms with van der Waals surface area (Å²) in [5.41, 5.74) is 3.81. The average Bonchev–Trinajstić information content (AvgIpc) is 3.23. The molecule has 0 bridgehead atoms. The van der Waals surface area contributed by atoms with Gasteiger partial charge in [0.25, 0.3) is 0 Å². The maximum Gasteiger partial charge on any atom is 0.490 e. The number of thiazole rings is 1. The third kappa shape index (κ3) is 6.77. The maximum absolute atomic E-state index is 11.0. The summed E-state index contributed by atoms with van der Waals surface area (Å²) in [7, 11) is 4.34. The first-order chi connectivity index (χ1) is 16.3. The number of carboxylic acids is 1. The van der Waals surface area contributed by atoms with E-state index >= 15 is 0 Å². The second-order valence-corrected chi connectivity index (χ2v) is 12.3. The van der Waals surface area contributed by atoms with Crippen LogP contribution in [0.4, 0.5) is 13.2 Å². The Bertz CT molecular complexity index is 1030. The number of aliphatic carboxylic acids is 1. The molecule has 1 aliphatic heterocycles. The smallest absolute Gasteiger partial charge is 0.490 e. The fourth-order valence-corrected chi connectivity index (χ4v) is 5.41. The van der Waals surface area contributed by atoms with Crippen molar-refractivity contribution in [3.8, 4) is 17.0 Å². The Hall–Kier alpha value is -2.17. The van der Waals surface area contributed by atoms with Crippen LogP contribution in [0.2, 0.25) is 0 Å². The summed E-state index contributed by atoms with van der Waals surface area (Å²) in [6, 6.07) is 4.27. The van der Waals surface area contributed by atoms with Gasteiger partial charge in [0.15, 0.2) is 0 Å². The summed E-state index contributed by atoms with van der Waals surface area (Å²) in [5, 5.41) is 25.0. The predicted octanol–water partition coefficient (Wildman–Crippen LogP) is 5.88. The Labute approximate surface area is 215 Å². The molecule has 202 valence electrons. The second-order valence-electron chi connectivity index (χ2n) is 11.4. The quantitative estimate of drug-likeness (QED) is 0.460. The summed E-state index contributed by atoms with van der Waals surface area (Å²) < 4.78 is 31.7. The van der Waals surface area contributed by atoms with Gasteiger partial charge in [0.2, 0.25) is 0 Å². The second kappa shape index (κ2) is 10.7. The van der Waals surface area contributed by atoms with Crippen LogP contribution in [0.5, 0.6) is 5.75 Å². The van der Waals surface area contributed by atoms with Gasteiger partial charge in [-0.25, -0.2) is 9.78 Å². The summed E-state index contributed by atoms with van der Waals surface area (Å²) in [6.45, 7) is 15.0. The van der Waals surface area contributed by atoms with Crippen molar-refractivity contribution < 1.29 is 28.2 Å². The van der Waals surface area contributed by atoms with E-state index in [1.165, 1.54) is 5.01 Å². The van der Waals surface area contributed by atoms with Crippen molar-refractivity contribution >= 4 is 17.3 Å². The largest absolute Gasteiger partial charge is 0.507 e. The van der Waals surface area contributed by atoms with Crippen molar-refractivity contribution in [2.75, 3.05) is 27.2 Å². The minimum absolute atomic E-state index is 0.00476. The van der Waals surface area contributed by atoms with Crippen molar-refractivity contribution in [1.82, 2.24) is 15.2 Å². The zero-order valence-electron chi connectivity index (χ0n) is 22.3. The molecule has 6 nitrogen and oxygen atoms in total. The highest BCUT2D eigenvalue weighted by atomic mass is 32.1. The summed E-state index contributed by atoms with van der Waals surface area (Å²) >= 11 is 1.77. The third-order valence-corrected chi connectivity index (χ3v) is 7.49. The van der Waals surface area contributed by atoms with Gasteiger partial charge in [0, 0.05) is 22.1 Å². The lowest BCUT2D eigenvalue weighted by Crippen LogP contribution is -2.49. The number of halogens is 3. The van der Waals surface area contributed by atoms with Crippen molar-refractivity contribution in [3.05, 3.63) is 33.6 Å². The van der Waals surface area contributed by atoms with Crippen LogP contribution in [0, 0.1) is 0 Å². The van der Waals surface area contributed by atoms with E-state index in [1.54, 1.807) is 11.3 Å². The zero-order chi connectivity index (χ0) is 27.7. The monoisotopic (exact) mass is 529 g/mol. The Morgan fingerprint density at radius 2 is 1.47 bits per heavy atom. The molecule has 0 spiro atoms. The number of nitrogens with one attached hydrogen (secondary N) is 1. The lowest BCUT2D eigenvalue weighted by Gasteiger charge is -2.41. The van der Waals surface area contributed by atoms with E-state index < -0.39 is 12.1 Å². The van der Waals surface area contributed by atoms with Crippen LogP contribution in [0.3, 0.4) is 0 Å². The molecule has 36 heavy (non-hydrogen) atoms. The van der Waals surface area contributed by atoms with Crippen molar-refractivity contribution in [2.24, 2.45) is 0 Å². The molecule has 10 heteroatoms. The molecule has 1 fully saturated rings. The molecule has 1 aromatic heterocycles. The Morgan fingerprint density at radius 3 is 1.83 bits per heavy atom. The van der Waals surface area contributed by atoms with E-state index in [9.17, 15) is 18.3 Å². The first-order valence-corrected chi connectivity index (χ1v) is 12.7. The number of hydrogen-bond acceptors (Lipinski definition) is 6. The van der Waals surface area contributed by atoms with Gasteiger partial charge < -0.3 is 15.5 Å². The normalized spacial score (nSPS) is 16.4. The van der Waals surface area contributed by atoms with Crippen molar-refractivity contribution in [1.29, 1.82) is 0 Å². The fourth-order valence-electron chi connectivity index (χ4n) is 4.24. The molecular formula is C26H38F3N3O3S. The predicted molar refractivity (Wildman–Crippen MR) is 138 cm³/mol. The number of phenols is 1. The lowest BCUT2D eigenvalue weighted by atomic mass is 9.78. The number of aromatic nitrogens is 1. The minimum atomic E-state index is -5.08. The number of aromatic hydroxyl groups is 1. The number of benzene rings is 1. The number of rotatable bonds is 3. The number of alkyl halides is 3. The molecule has 2 heterocycles. The molecule has 0 saturated carbocycles. The molecule has 1 saturated heterocycles. The van der Waals surface area contributed by atoms with E-state index in [4.69, 9.17) is 14.9 Å². The highest BCUT2D eigenvalue weighted by molar-refractivity contribution is 7.10. The summed E-state index contributed by atoms with van der Waals surface area (Å²) in [4.78, 5) is 16.4. The van der Waals surface area contributed by atoms with Crippen LogP contribution >= 0.6 is 11.3 Å². The fraction of sp³-hybridized carbons (Fsp3) is 0.615. The molecular weight excluding hydrogens is 491 g/mol. The number of hydrogen-bond donors (Lipinski definition) is 3. The van der Waals surface area contributed by atoms with Crippen LogP contribution in [0.25, 0.3) is 11.3 Å². The van der Waals surface area contributed by atoms with Crippen LogP contribution in [-0.4, -0.2) is 59.4 Å². The van der Waals surface area contributed by atoms with Gasteiger partial charge in [-0.1, -0.05) is 41.5 Å². The van der Waals surface area contributed by atoms with Gasteiger partial charge in [-0.2, -0.15) is 13.2 Å². The van der Waals surface area contributed by atoms with Gasteiger partial charge >= 0.3 is 12.1 Å². The number of piperidine rings is 1. The molecule has 0 radical (unpaired) electrons. The third-order valence-electron chi connectivity index (χ3n) is 6.45. The van der Waals surface area contributed by atoms with Gasteiger partial charge in [-0.3, -0.25) is 4.90 Å². The van der Waals surface area contributed by atoms with Crippen LogP contribution in [-0.2, 0) is 21.2 Å². The molecule has 0 unspecified atom stereocenters. The van der Waals surface area contributed by atoms with Gasteiger partial charge in [0.05, 0.1) is 11.2 Å². The Balaban J connectivity index is 0.000000572. The van der Waals surface area contributed by atoms with Crippen LogP contribution in [0.15, 0.2) is 17.5 Å². The topological polar surface area (TPSA) is 85.7 Å². The molecule has 0 atom stereocenters. The molecule has 1 aliphatic rings. The first-order valence-electron chi connectivity index (χ1n) is 11.8. The molecule has 0 amide bonds. The van der Waals surface area contributed by atoms with Crippen molar-refractivity contribution in [3.63, 3.8) is 0 Å². The van der Waals surface area contributed by atoms with Crippen LogP contribution in [0.1, 0.15) is 70.5 Å². The lowest BCUT2D eigenvalue weighted by molar-refractivity contribution is -0.192. The Kier molecular flexibility index (Phi) is 8.91. The molecule has 0 aliphatic carbocycles. The van der Waals surface area contributed by atoms with E-state index in [2.05, 4.69) is 83.4 Å². The maximum atomic E-state index is 11.0. The highest BCUT2D eigenvalue weighted by Gasteiger charge is 2.39. The van der Waals surface area contributed by atoms with E-state index in [-0.39, 0.29) is 16.4 Å². The van der Waals surface area contributed by atoms with E-state index in [0.29, 0.717) is 5.75 Å². The molecule has 2 aromatic rings. The van der Waals surface area contributed by atoms with E-state index in [1.807, 2.05) is 0 Å². The molecule has 1 aromatic carbocycles.